The molecule has 0 amide bonds. The standard InChI is InChI=1S/C48H42O6/c1-7-19-37(20-8-1)49-31-43-44(32-50-38-21-9-2-10-22-38)46(34-52-40-25-13-4-14-26-40)48(36-54-42-29-17-6-18-30-42)47(35-53-41-27-15-5-16-28-41)45(43)33-51-39-23-11-3-12-24-39/h1-30H,31-36H2. The lowest BCUT2D eigenvalue weighted by Gasteiger charge is -2.27. The van der Waals surface area contributed by atoms with E-state index in [0.29, 0.717) is 0 Å². The minimum Gasteiger partial charge on any atom is -0.489 e. The van der Waals surface area contributed by atoms with Gasteiger partial charge < -0.3 is 28.4 Å². The Morgan fingerprint density at radius 3 is 0.444 bits per heavy atom. The molecule has 54 heavy (non-hydrogen) atoms. The van der Waals surface area contributed by atoms with Gasteiger partial charge in [0.15, 0.2) is 0 Å². The first-order valence-corrected chi connectivity index (χ1v) is 18.0. The van der Waals surface area contributed by atoms with E-state index in [0.717, 1.165) is 67.9 Å². The maximum atomic E-state index is 6.56. The minimum absolute atomic E-state index is 0.251. The predicted octanol–water partition coefficient (Wildman–Crippen LogP) is 11.2. The summed E-state index contributed by atoms with van der Waals surface area (Å²) in [5, 5.41) is 0. The van der Waals surface area contributed by atoms with Gasteiger partial charge in [0.25, 0.3) is 0 Å². The fourth-order valence-electron chi connectivity index (χ4n) is 6.17. The first kappa shape index (κ1) is 35.7. The van der Waals surface area contributed by atoms with Crippen molar-refractivity contribution in [1.29, 1.82) is 0 Å². The van der Waals surface area contributed by atoms with Gasteiger partial charge in [0, 0.05) is 33.4 Å². The van der Waals surface area contributed by atoms with Crippen molar-refractivity contribution in [3.05, 3.63) is 215 Å². The van der Waals surface area contributed by atoms with Crippen LogP contribution < -0.4 is 28.4 Å². The van der Waals surface area contributed by atoms with Gasteiger partial charge in [0.2, 0.25) is 0 Å². The van der Waals surface area contributed by atoms with Gasteiger partial charge in [0.05, 0.1) is 0 Å². The summed E-state index contributed by atoms with van der Waals surface area (Å²) >= 11 is 0. The normalized spacial score (nSPS) is 10.7. The van der Waals surface area contributed by atoms with Crippen LogP contribution in [-0.2, 0) is 39.6 Å². The average Bonchev–Trinajstić information content (AvgIpc) is 3.24. The van der Waals surface area contributed by atoms with Crippen LogP contribution in [0.15, 0.2) is 182 Å². The number of hydrogen-bond acceptors (Lipinski definition) is 6. The summed E-state index contributed by atoms with van der Waals surface area (Å²) in [5.74, 6) is 4.52. The van der Waals surface area contributed by atoms with Crippen molar-refractivity contribution in [2.24, 2.45) is 0 Å². The van der Waals surface area contributed by atoms with E-state index in [9.17, 15) is 0 Å². The zero-order chi connectivity index (χ0) is 36.6. The molecule has 7 aromatic rings. The molecule has 0 N–H and O–H groups in total. The molecule has 7 rings (SSSR count). The fourth-order valence-corrected chi connectivity index (χ4v) is 6.17. The first-order chi connectivity index (χ1) is 26.8. The third kappa shape index (κ3) is 9.81. The van der Waals surface area contributed by atoms with Crippen molar-refractivity contribution in [1.82, 2.24) is 0 Å². The van der Waals surface area contributed by atoms with E-state index in [1.54, 1.807) is 0 Å². The lowest BCUT2D eigenvalue weighted by molar-refractivity contribution is 0.249. The molecule has 0 saturated carbocycles. The van der Waals surface area contributed by atoms with Gasteiger partial charge in [-0.05, 0) is 72.8 Å². The summed E-state index contributed by atoms with van der Waals surface area (Å²) in [4.78, 5) is 0. The highest BCUT2D eigenvalue weighted by Crippen LogP contribution is 2.35. The predicted molar refractivity (Wildman–Crippen MR) is 211 cm³/mol. The highest BCUT2D eigenvalue weighted by molar-refractivity contribution is 5.53. The molecule has 0 heterocycles. The molecule has 6 heteroatoms. The summed E-state index contributed by atoms with van der Waals surface area (Å²) in [7, 11) is 0. The van der Waals surface area contributed by atoms with Gasteiger partial charge in [-0.3, -0.25) is 0 Å². The number of ether oxygens (including phenoxy) is 6. The Hall–Kier alpha value is -6.66. The molecule has 0 fully saturated rings. The van der Waals surface area contributed by atoms with E-state index in [2.05, 4.69) is 0 Å². The van der Waals surface area contributed by atoms with E-state index in [1.165, 1.54) is 0 Å². The van der Waals surface area contributed by atoms with E-state index in [1.807, 2.05) is 182 Å². The second-order valence-electron chi connectivity index (χ2n) is 12.5. The summed E-state index contributed by atoms with van der Waals surface area (Å²) < 4.78 is 39.3. The Morgan fingerprint density at radius 1 is 0.185 bits per heavy atom. The van der Waals surface area contributed by atoms with Crippen LogP contribution >= 0.6 is 0 Å². The summed E-state index contributed by atoms with van der Waals surface area (Å²) in [6, 6.07) is 59.0. The van der Waals surface area contributed by atoms with Crippen LogP contribution in [0.4, 0.5) is 0 Å². The van der Waals surface area contributed by atoms with E-state index in [4.69, 9.17) is 28.4 Å². The zero-order valence-corrected chi connectivity index (χ0v) is 30.0. The molecule has 0 aliphatic heterocycles. The highest BCUT2D eigenvalue weighted by atomic mass is 16.5. The Labute approximate surface area is 317 Å². The topological polar surface area (TPSA) is 55.4 Å². The van der Waals surface area contributed by atoms with Crippen LogP contribution in [0.5, 0.6) is 34.5 Å². The molecule has 0 unspecified atom stereocenters. The van der Waals surface area contributed by atoms with Gasteiger partial charge in [-0.15, -0.1) is 0 Å². The molecule has 0 radical (unpaired) electrons. The van der Waals surface area contributed by atoms with Crippen molar-refractivity contribution in [3.63, 3.8) is 0 Å². The number of rotatable bonds is 18. The molecule has 0 aromatic heterocycles. The second-order valence-corrected chi connectivity index (χ2v) is 12.5. The van der Waals surface area contributed by atoms with Crippen LogP contribution in [0.2, 0.25) is 0 Å². The van der Waals surface area contributed by atoms with E-state index >= 15 is 0 Å². The molecular formula is C48H42O6. The molecular weight excluding hydrogens is 673 g/mol. The first-order valence-electron chi connectivity index (χ1n) is 18.0. The van der Waals surface area contributed by atoms with Gasteiger partial charge in [-0.2, -0.15) is 0 Å². The maximum Gasteiger partial charge on any atom is 0.119 e. The van der Waals surface area contributed by atoms with Gasteiger partial charge in [0.1, 0.15) is 74.1 Å². The van der Waals surface area contributed by atoms with Crippen LogP contribution in [0.1, 0.15) is 33.4 Å². The molecule has 0 bridgehead atoms. The van der Waals surface area contributed by atoms with Gasteiger partial charge >= 0.3 is 0 Å². The molecule has 0 saturated heterocycles. The second kappa shape index (κ2) is 18.7. The number of hydrogen-bond donors (Lipinski definition) is 0. The maximum absolute atomic E-state index is 6.56. The summed E-state index contributed by atoms with van der Waals surface area (Å²) in [6.07, 6.45) is 0. The zero-order valence-electron chi connectivity index (χ0n) is 30.0. The van der Waals surface area contributed by atoms with Crippen LogP contribution in [0.25, 0.3) is 0 Å². The minimum atomic E-state index is 0.251. The number of benzene rings is 7. The van der Waals surface area contributed by atoms with Crippen LogP contribution in [0.3, 0.4) is 0 Å². The lowest BCUT2D eigenvalue weighted by atomic mass is 9.87. The molecule has 0 atom stereocenters. The smallest absolute Gasteiger partial charge is 0.119 e. The average molecular weight is 715 g/mol. The summed E-state index contributed by atoms with van der Waals surface area (Å²) in [6.45, 7) is 1.51. The third-order valence-electron chi connectivity index (χ3n) is 8.94. The van der Waals surface area contributed by atoms with Gasteiger partial charge in [-0.25, -0.2) is 0 Å². The van der Waals surface area contributed by atoms with Gasteiger partial charge in [-0.1, -0.05) is 109 Å². The Kier molecular flexibility index (Phi) is 12.4. The van der Waals surface area contributed by atoms with Crippen molar-refractivity contribution in [2.75, 3.05) is 0 Å². The third-order valence-corrected chi connectivity index (χ3v) is 8.94. The van der Waals surface area contributed by atoms with Crippen LogP contribution in [0, 0.1) is 0 Å². The molecule has 7 aromatic carbocycles. The molecule has 0 aliphatic rings. The quantitative estimate of drug-likeness (QED) is 0.0882. The molecule has 6 nitrogen and oxygen atoms in total. The molecule has 270 valence electrons. The SMILES string of the molecule is c1ccc(OCc2c(COc3ccccc3)c(COc3ccccc3)c(COc3ccccc3)c(COc3ccccc3)c2COc2ccccc2)cc1. The summed E-state index contributed by atoms with van der Waals surface area (Å²) in [5.41, 5.74) is 5.62. The largest absolute Gasteiger partial charge is 0.489 e. The van der Waals surface area contributed by atoms with Crippen LogP contribution in [-0.4, -0.2) is 0 Å². The Bertz CT molecular complexity index is 1720. The van der Waals surface area contributed by atoms with Crippen molar-refractivity contribution in [3.8, 4) is 34.5 Å². The van der Waals surface area contributed by atoms with Crippen molar-refractivity contribution >= 4 is 0 Å². The lowest BCUT2D eigenvalue weighted by Crippen LogP contribution is -2.21. The molecule has 0 aliphatic carbocycles. The number of para-hydroxylation sites is 6. The highest BCUT2D eigenvalue weighted by Gasteiger charge is 2.27. The molecule has 0 spiro atoms. The Morgan fingerprint density at radius 2 is 0.315 bits per heavy atom. The van der Waals surface area contributed by atoms with Crippen molar-refractivity contribution < 1.29 is 28.4 Å². The Balaban J connectivity index is 1.42. The van der Waals surface area contributed by atoms with E-state index in [-0.39, 0.29) is 39.6 Å². The monoisotopic (exact) mass is 714 g/mol. The van der Waals surface area contributed by atoms with E-state index < -0.39 is 0 Å². The fraction of sp³-hybridized carbons (Fsp3) is 0.125. The van der Waals surface area contributed by atoms with Crippen molar-refractivity contribution in [2.45, 2.75) is 39.6 Å².